The fourth-order valence-corrected chi connectivity index (χ4v) is 2.45. The topological polar surface area (TPSA) is 68.5 Å². The summed E-state index contributed by atoms with van der Waals surface area (Å²) in [6.07, 6.45) is 2.20. The molecule has 0 aliphatic carbocycles. The van der Waals surface area contributed by atoms with Gasteiger partial charge in [0.05, 0.1) is 12.7 Å². The molecule has 0 aliphatic heterocycles. The van der Waals surface area contributed by atoms with Crippen LogP contribution in [0.3, 0.4) is 0 Å². The van der Waals surface area contributed by atoms with Crippen LogP contribution < -0.4 is 5.32 Å². The summed E-state index contributed by atoms with van der Waals surface area (Å²) in [5, 5.41) is 2.80. The third-order valence-corrected chi connectivity index (χ3v) is 3.46. The number of esters is 1. The molecule has 0 fully saturated rings. The predicted molar refractivity (Wildman–Crippen MR) is 87.3 cm³/mol. The van der Waals surface area contributed by atoms with Crippen LogP contribution in [0.25, 0.3) is 0 Å². The minimum atomic E-state index is -0.422. The van der Waals surface area contributed by atoms with Gasteiger partial charge >= 0.3 is 5.97 Å². The quantitative estimate of drug-likeness (QED) is 0.830. The number of nitrogens with one attached hydrogen (secondary N) is 1. The summed E-state index contributed by atoms with van der Waals surface area (Å²) in [5.74, 6) is -0.0439. The van der Waals surface area contributed by atoms with Crippen LogP contribution >= 0.6 is 0 Å². The van der Waals surface area contributed by atoms with Gasteiger partial charge in [0.2, 0.25) is 0 Å². The second kappa shape index (κ2) is 7.63. The molecule has 5 nitrogen and oxygen atoms in total. The minimum absolute atomic E-state index is 0.184. The molecule has 23 heavy (non-hydrogen) atoms. The number of hydrogen-bond donors (Lipinski definition) is 1. The lowest BCUT2D eigenvalue weighted by Crippen LogP contribution is -2.22. The summed E-state index contributed by atoms with van der Waals surface area (Å²) in [5.41, 5.74) is 3.88. The molecule has 5 heteroatoms. The Bertz CT molecular complexity index is 666. The van der Waals surface area contributed by atoms with Gasteiger partial charge in [-0.2, -0.15) is 0 Å². The van der Waals surface area contributed by atoms with E-state index >= 15 is 0 Å². The Labute approximate surface area is 135 Å². The molecule has 1 heterocycles. The zero-order valence-electron chi connectivity index (χ0n) is 13.6. The molecule has 1 N–H and O–H groups in total. The Kier molecular flexibility index (Phi) is 5.57. The van der Waals surface area contributed by atoms with E-state index in [9.17, 15) is 9.59 Å². The molecule has 0 unspecified atom stereocenters. The lowest BCUT2D eigenvalue weighted by Gasteiger charge is -2.13. The molecule has 2 rings (SSSR count). The zero-order valence-corrected chi connectivity index (χ0v) is 13.6. The third kappa shape index (κ3) is 4.98. The smallest absolute Gasteiger partial charge is 0.306 e. The lowest BCUT2D eigenvalue weighted by atomic mass is 10.1. The van der Waals surface area contributed by atoms with E-state index in [-0.39, 0.29) is 18.9 Å². The van der Waals surface area contributed by atoms with Crippen LogP contribution in [-0.4, -0.2) is 18.5 Å². The Morgan fingerprint density at radius 3 is 2.48 bits per heavy atom. The van der Waals surface area contributed by atoms with E-state index in [2.05, 4.69) is 5.32 Å². The van der Waals surface area contributed by atoms with Gasteiger partial charge in [-0.3, -0.25) is 9.59 Å². The SMILES string of the molecule is Cc1cc(C)c(NC(=O)COC(=O)CCc2ccco2)c(C)c1. The van der Waals surface area contributed by atoms with Gasteiger partial charge in [0.1, 0.15) is 5.76 Å². The first-order chi connectivity index (χ1) is 11.0. The van der Waals surface area contributed by atoms with Crippen LogP contribution in [0.15, 0.2) is 34.9 Å². The number of rotatable bonds is 6. The first-order valence-electron chi connectivity index (χ1n) is 7.51. The van der Waals surface area contributed by atoms with E-state index in [1.807, 2.05) is 32.9 Å². The standard InChI is InChI=1S/C18H21NO4/c1-12-9-13(2)18(14(3)10-12)19-16(20)11-23-17(21)7-6-15-5-4-8-22-15/h4-5,8-10H,6-7,11H2,1-3H3,(H,19,20). The highest BCUT2D eigenvalue weighted by atomic mass is 16.5. The van der Waals surface area contributed by atoms with E-state index in [0.29, 0.717) is 6.42 Å². The number of aryl methyl sites for hydroxylation is 4. The lowest BCUT2D eigenvalue weighted by molar-refractivity contribution is -0.147. The van der Waals surface area contributed by atoms with E-state index in [4.69, 9.17) is 9.15 Å². The van der Waals surface area contributed by atoms with Crippen LogP contribution in [-0.2, 0) is 20.7 Å². The maximum absolute atomic E-state index is 11.9. The molecule has 0 atom stereocenters. The summed E-state index contributed by atoms with van der Waals surface area (Å²) in [6, 6.07) is 7.55. The van der Waals surface area contributed by atoms with Crippen LogP contribution in [0.2, 0.25) is 0 Å². The van der Waals surface area contributed by atoms with Crippen LogP contribution in [0.5, 0.6) is 0 Å². The molecular formula is C18H21NO4. The van der Waals surface area contributed by atoms with E-state index in [1.165, 1.54) is 0 Å². The maximum Gasteiger partial charge on any atom is 0.306 e. The fraction of sp³-hybridized carbons (Fsp3) is 0.333. The second-order valence-electron chi connectivity index (χ2n) is 5.56. The largest absolute Gasteiger partial charge is 0.469 e. The van der Waals surface area contributed by atoms with Gasteiger partial charge in [-0.1, -0.05) is 17.7 Å². The summed E-state index contributed by atoms with van der Waals surface area (Å²) < 4.78 is 10.1. The van der Waals surface area contributed by atoms with Crippen molar-refractivity contribution in [1.82, 2.24) is 0 Å². The summed E-state index contributed by atoms with van der Waals surface area (Å²) >= 11 is 0. The highest BCUT2D eigenvalue weighted by Crippen LogP contribution is 2.21. The summed E-state index contributed by atoms with van der Waals surface area (Å²) in [7, 11) is 0. The molecule has 2 aromatic rings. The molecule has 0 saturated carbocycles. The molecule has 0 bridgehead atoms. The van der Waals surface area contributed by atoms with Gasteiger partial charge in [0, 0.05) is 12.1 Å². The van der Waals surface area contributed by atoms with Crippen LogP contribution in [0.4, 0.5) is 5.69 Å². The van der Waals surface area contributed by atoms with Gasteiger partial charge < -0.3 is 14.5 Å². The monoisotopic (exact) mass is 315 g/mol. The maximum atomic E-state index is 11.9. The fourth-order valence-electron chi connectivity index (χ4n) is 2.45. The van der Waals surface area contributed by atoms with Crippen LogP contribution in [0, 0.1) is 20.8 Å². The van der Waals surface area contributed by atoms with Gasteiger partial charge in [0.15, 0.2) is 6.61 Å². The number of hydrogen-bond acceptors (Lipinski definition) is 4. The van der Waals surface area contributed by atoms with Crippen molar-refractivity contribution < 1.29 is 18.7 Å². The minimum Gasteiger partial charge on any atom is -0.469 e. The number of carbonyl (C=O) groups is 2. The molecular weight excluding hydrogens is 294 g/mol. The Morgan fingerprint density at radius 1 is 1.17 bits per heavy atom. The number of ether oxygens (including phenoxy) is 1. The molecule has 0 radical (unpaired) electrons. The molecule has 1 aromatic carbocycles. The molecule has 0 saturated heterocycles. The van der Waals surface area contributed by atoms with E-state index < -0.39 is 5.97 Å². The van der Waals surface area contributed by atoms with Crippen molar-refractivity contribution in [2.45, 2.75) is 33.6 Å². The van der Waals surface area contributed by atoms with Crippen molar-refractivity contribution in [3.8, 4) is 0 Å². The van der Waals surface area contributed by atoms with E-state index in [0.717, 1.165) is 28.1 Å². The molecule has 0 aliphatic rings. The van der Waals surface area contributed by atoms with Crippen molar-refractivity contribution >= 4 is 17.6 Å². The molecule has 0 spiro atoms. The third-order valence-electron chi connectivity index (χ3n) is 3.46. The average Bonchev–Trinajstić information content (AvgIpc) is 3.00. The Hall–Kier alpha value is -2.56. The van der Waals surface area contributed by atoms with Gasteiger partial charge in [-0.05, 0) is 44.0 Å². The van der Waals surface area contributed by atoms with Gasteiger partial charge in [-0.15, -0.1) is 0 Å². The number of carbonyl (C=O) groups excluding carboxylic acids is 2. The van der Waals surface area contributed by atoms with Crippen molar-refractivity contribution in [1.29, 1.82) is 0 Å². The zero-order chi connectivity index (χ0) is 16.8. The molecule has 122 valence electrons. The molecule has 1 aromatic heterocycles. The van der Waals surface area contributed by atoms with Crippen molar-refractivity contribution in [2.24, 2.45) is 0 Å². The van der Waals surface area contributed by atoms with Crippen LogP contribution in [0.1, 0.15) is 28.9 Å². The summed E-state index contributed by atoms with van der Waals surface area (Å²) in [4.78, 5) is 23.6. The average molecular weight is 315 g/mol. The van der Waals surface area contributed by atoms with Crippen molar-refractivity contribution in [3.63, 3.8) is 0 Å². The highest BCUT2D eigenvalue weighted by Gasteiger charge is 2.11. The van der Waals surface area contributed by atoms with E-state index in [1.54, 1.807) is 18.4 Å². The second-order valence-corrected chi connectivity index (χ2v) is 5.56. The first-order valence-corrected chi connectivity index (χ1v) is 7.51. The van der Waals surface area contributed by atoms with Gasteiger partial charge in [0.25, 0.3) is 5.91 Å². The normalized spacial score (nSPS) is 10.4. The number of amides is 1. The predicted octanol–water partition coefficient (Wildman–Crippen LogP) is 3.32. The number of furan rings is 1. The summed E-state index contributed by atoms with van der Waals surface area (Å²) in [6.45, 7) is 5.59. The highest BCUT2D eigenvalue weighted by molar-refractivity contribution is 5.94. The Balaban J connectivity index is 1.80. The first kappa shape index (κ1) is 16.8. The Morgan fingerprint density at radius 2 is 1.87 bits per heavy atom. The van der Waals surface area contributed by atoms with Crippen molar-refractivity contribution in [2.75, 3.05) is 11.9 Å². The van der Waals surface area contributed by atoms with Gasteiger partial charge in [-0.25, -0.2) is 0 Å². The van der Waals surface area contributed by atoms with Crippen molar-refractivity contribution in [3.05, 3.63) is 53.0 Å². The molecule has 1 amide bonds. The number of benzene rings is 1. The number of anilines is 1.